The van der Waals surface area contributed by atoms with Crippen LogP contribution < -0.4 is 5.73 Å². The Kier molecular flexibility index (Phi) is 4.18. The first kappa shape index (κ1) is 10.8. The van der Waals surface area contributed by atoms with Crippen molar-refractivity contribution in [1.29, 1.82) is 0 Å². The fraction of sp³-hybridized carbons (Fsp3) is 1.00. The van der Waals surface area contributed by atoms with E-state index in [4.69, 9.17) is 5.73 Å². The molecule has 2 aliphatic rings. The average Bonchev–Trinajstić information content (AvgIpc) is 2.67. The van der Waals surface area contributed by atoms with Gasteiger partial charge < -0.3 is 5.73 Å². The largest absolute Gasteiger partial charge is 0.330 e. The molecule has 2 heteroatoms. The van der Waals surface area contributed by atoms with E-state index in [1.807, 2.05) is 0 Å². The van der Waals surface area contributed by atoms with Gasteiger partial charge >= 0.3 is 0 Å². The number of thioether (sulfide) groups is 1. The van der Waals surface area contributed by atoms with E-state index in [0.29, 0.717) is 0 Å². The predicted octanol–water partition coefficient (Wildman–Crippen LogP) is 2.89. The summed E-state index contributed by atoms with van der Waals surface area (Å²) in [6, 6.07) is 0. The first-order valence-corrected chi connectivity index (χ1v) is 7.33. The number of hydrogen-bond donors (Lipinski definition) is 1. The summed E-state index contributed by atoms with van der Waals surface area (Å²) in [5, 5.41) is 0. The van der Waals surface area contributed by atoms with Crippen molar-refractivity contribution in [3.8, 4) is 0 Å². The summed E-state index contributed by atoms with van der Waals surface area (Å²) in [5.41, 5.74) is 5.83. The van der Waals surface area contributed by atoms with Gasteiger partial charge in [0.15, 0.2) is 0 Å². The van der Waals surface area contributed by atoms with E-state index in [1.165, 1.54) is 50.0 Å². The van der Waals surface area contributed by atoms with Gasteiger partial charge in [-0.25, -0.2) is 0 Å². The monoisotopic (exact) mass is 213 g/mol. The van der Waals surface area contributed by atoms with Gasteiger partial charge in [-0.3, -0.25) is 0 Å². The van der Waals surface area contributed by atoms with E-state index < -0.39 is 0 Å². The topological polar surface area (TPSA) is 26.0 Å². The maximum Gasteiger partial charge on any atom is -0.00462 e. The van der Waals surface area contributed by atoms with Crippen molar-refractivity contribution in [1.82, 2.24) is 0 Å². The number of hydrogen-bond acceptors (Lipinski definition) is 2. The van der Waals surface area contributed by atoms with Gasteiger partial charge in [-0.1, -0.05) is 12.8 Å². The second-order valence-corrected chi connectivity index (χ2v) is 6.20. The third-order valence-corrected chi connectivity index (χ3v) is 5.14. The Morgan fingerprint density at radius 2 is 1.71 bits per heavy atom. The first-order chi connectivity index (χ1) is 6.90. The van der Waals surface area contributed by atoms with E-state index in [2.05, 4.69) is 11.8 Å². The molecular formula is C12H23NS. The Hall–Kier alpha value is 0.310. The molecule has 1 saturated heterocycles. The molecule has 2 unspecified atom stereocenters. The molecule has 0 spiro atoms. The highest BCUT2D eigenvalue weighted by molar-refractivity contribution is 7.99. The van der Waals surface area contributed by atoms with Crippen LogP contribution in [0.1, 0.15) is 38.5 Å². The minimum atomic E-state index is 0.865. The molecule has 1 nitrogen and oxygen atoms in total. The van der Waals surface area contributed by atoms with Gasteiger partial charge in [0.05, 0.1) is 0 Å². The highest BCUT2D eigenvalue weighted by Gasteiger charge is 2.28. The van der Waals surface area contributed by atoms with Crippen molar-refractivity contribution >= 4 is 11.8 Å². The van der Waals surface area contributed by atoms with Gasteiger partial charge in [0.1, 0.15) is 0 Å². The second-order valence-electron chi connectivity index (χ2n) is 4.98. The van der Waals surface area contributed by atoms with Crippen molar-refractivity contribution < 1.29 is 0 Å². The van der Waals surface area contributed by atoms with Crippen LogP contribution in [-0.4, -0.2) is 18.1 Å². The summed E-state index contributed by atoms with van der Waals surface area (Å²) in [6.07, 6.45) is 8.74. The van der Waals surface area contributed by atoms with Gasteiger partial charge in [-0.05, 0) is 61.5 Å². The van der Waals surface area contributed by atoms with Crippen LogP contribution >= 0.6 is 11.8 Å². The Bertz CT molecular complexity index is 166. The lowest BCUT2D eigenvalue weighted by Crippen LogP contribution is -2.22. The molecule has 1 heterocycles. The Balaban J connectivity index is 1.77. The average molecular weight is 213 g/mol. The quantitative estimate of drug-likeness (QED) is 0.780. The van der Waals surface area contributed by atoms with Crippen LogP contribution in [0.4, 0.5) is 0 Å². The third-order valence-electron chi connectivity index (χ3n) is 4.10. The Morgan fingerprint density at radius 1 is 1.00 bits per heavy atom. The standard InChI is InChI=1S/C12H23NS/c13-9-12-3-1-2-11(12)8-10-4-6-14-7-5-10/h10-12H,1-9,13H2. The lowest BCUT2D eigenvalue weighted by molar-refractivity contribution is 0.295. The van der Waals surface area contributed by atoms with Crippen LogP contribution in [0.15, 0.2) is 0 Å². The minimum absolute atomic E-state index is 0.865. The normalized spacial score (nSPS) is 34.9. The first-order valence-electron chi connectivity index (χ1n) is 6.18. The molecule has 1 aliphatic carbocycles. The van der Waals surface area contributed by atoms with Crippen LogP contribution in [0, 0.1) is 17.8 Å². The molecule has 0 aromatic heterocycles. The molecule has 2 rings (SSSR count). The van der Waals surface area contributed by atoms with Gasteiger partial charge in [0.2, 0.25) is 0 Å². The molecule has 2 fully saturated rings. The van der Waals surface area contributed by atoms with Crippen molar-refractivity contribution in [2.45, 2.75) is 38.5 Å². The summed E-state index contributed by atoms with van der Waals surface area (Å²) in [7, 11) is 0. The third kappa shape index (κ3) is 2.66. The molecule has 0 aromatic carbocycles. The van der Waals surface area contributed by atoms with E-state index in [1.54, 1.807) is 0 Å². The molecule has 2 atom stereocenters. The zero-order valence-electron chi connectivity index (χ0n) is 9.08. The van der Waals surface area contributed by atoms with E-state index in [0.717, 1.165) is 24.3 Å². The Labute approximate surface area is 92.2 Å². The van der Waals surface area contributed by atoms with Gasteiger partial charge in [0.25, 0.3) is 0 Å². The molecule has 14 heavy (non-hydrogen) atoms. The highest BCUT2D eigenvalue weighted by Crippen LogP contribution is 2.38. The van der Waals surface area contributed by atoms with Crippen molar-refractivity contribution in [2.75, 3.05) is 18.1 Å². The summed E-state index contributed by atoms with van der Waals surface area (Å²) in [5.74, 6) is 5.70. The van der Waals surface area contributed by atoms with Gasteiger partial charge in [0, 0.05) is 0 Å². The van der Waals surface area contributed by atoms with Crippen molar-refractivity contribution in [3.63, 3.8) is 0 Å². The molecule has 82 valence electrons. The van der Waals surface area contributed by atoms with Crippen LogP contribution in [0.25, 0.3) is 0 Å². The van der Waals surface area contributed by atoms with Crippen LogP contribution in [0.2, 0.25) is 0 Å². The maximum absolute atomic E-state index is 5.83. The Morgan fingerprint density at radius 3 is 2.43 bits per heavy atom. The molecule has 0 radical (unpaired) electrons. The van der Waals surface area contributed by atoms with E-state index >= 15 is 0 Å². The number of rotatable bonds is 3. The lowest BCUT2D eigenvalue weighted by Gasteiger charge is -2.26. The maximum atomic E-state index is 5.83. The second kappa shape index (κ2) is 5.41. The highest BCUT2D eigenvalue weighted by atomic mass is 32.2. The molecule has 2 N–H and O–H groups in total. The van der Waals surface area contributed by atoms with Gasteiger partial charge in [-0.2, -0.15) is 11.8 Å². The summed E-state index contributed by atoms with van der Waals surface area (Å²) in [6.45, 7) is 0.937. The molecule has 0 aromatic rings. The molecule has 0 bridgehead atoms. The fourth-order valence-corrected chi connectivity index (χ4v) is 4.35. The summed E-state index contributed by atoms with van der Waals surface area (Å²) < 4.78 is 0. The predicted molar refractivity (Wildman–Crippen MR) is 64.6 cm³/mol. The smallest absolute Gasteiger partial charge is 0.00462 e. The van der Waals surface area contributed by atoms with Gasteiger partial charge in [-0.15, -0.1) is 0 Å². The summed E-state index contributed by atoms with van der Waals surface area (Å²) in [4.78, 5) is 0. The van der Waals surface area contributed by atoms with Crippen molar-refractivity contribution in [2.24, 2.45) is 23.5 Å². The fourth-order valence-electron chi connectivity index (χ4n) is 3.14. The molecule has 1 saturated carbocycles. The lowest BCUT2D eigenvalue weighted by atomic mass is 9.84. The van der Waals surface area contributed by atoms with Crippen LogP contribution in [0.3, 0.4) is 0 Å². The molecular weight excluding hydrogens is 190 g/mol. The minimum Gasteiger partial charge on any atom is -0.330 e. The zero-order chi connectivity index (χ0) is 9.80. The SMILES string of the molecule is NCC1CCCC1CC1CCSCC1. The molecule has 1 aliphatic heterocycles. The van der Waals surface area contributed by atoms with Crippen LogP contribution in [-0.2, 0) is 0 Å². The zero-order valence-corrected chi connectivity index (χ0v) is 9.90. The molecule has 0 amide bonds. The number of nitrogens with two attached hydrogens (primary N) is 1. The summed E-state index contributed by atoms with van der Waals surface area (Å²) >= 11 is 2.14. The van der Waals surface area contributed by atoms with E-state index in [9.17, 15) is 0 Å². The van der Waals surface area contributed by atoms with Crippen molar-refractivity contribution in [3.05, 3.63) is 0 Å². The van der Waals surface area contributed by atoms with Crippen LogP contribution in [0.5, 0.6) is 0 Å². The van der Waals surface area contributed by atoms with E-state index in [-0.39, 0.29) is 0 Å².